The number of fused-ring (bicyclic) bond motifs is 7. The van der Waals surface area contributed by atoms with Crippen molar-refractivity contribution in [3.63, 3.8) is 0 Å². The fourth-order valence-electron chi connectivity index (χ4n) is 13.8. The van der Waals surface area contributed by atoms with Crippen LogP contribution in [-0.2, 0) is 38.3 Å². The molecule has 7 aliphatic rings. The highest BCUT2D eigenvalue weighted by molar-refractivity contribution is 7.80. The van der Waals surface area contributed by atoms with Gasteiger partial charge in [-0.1, -0.05) is 53.2 Å². The number of allylic oxidation sites excluding steroid dienone is 1. The minimum absolute atomic E-state index is 0.145. The third-order valence-electron chi connectivity index (χ3n) is 17.4. The molecule has 0 bridgehead atoms. The Morgan fingerprint density at radius 2 is 1.55 bits per heavy atom. The summed E-state index contributed by atoms with van der Waals surface area (Å²) in [4.78, 5) is 14.6. The highest BCUT2D eigenvalue weighted by Gasteiger charge is 2.72. The van der Waals surface area contributed by atoms with E-state index in [2.05, 4.69) is 44.9 Å². The number of hydrogen-bond donors (Lipinski definition) is 8. The first-order valence-electron chi connectivity index (χ1n) is 21.0. The smallest absolute Gasteiger partial charge is 0.397 e. The van der Waals surface area contributed by atoms with Crippen LogP contribution in [0.5, 0.6) is 0 Å². The van der Waals surface area contributed by atoms with Gasteiger partial charge in [0.2, 0.25) is 6.29 Å². The van der Waals surface area contributed by atoms with Gasteiger partial charge in [-0.15, -0.1) is 0 Å². The topological polar surface area (TPSA) is 259 Å². The largest absolute Gasteiger partial charge is 0.432 e. The Morgan fingerprint density at radius 3 is 2.21 bits per heavy atom. The van der Waals surface area contributed by atoms with Crippen molar-refractivity contribution in [2.75, 3.05) is 13.2 Å². The van der Waals surface area contributed by atoms with Crippen molar-refractivity contribution in [2.24, 2.45) is 50.7 Å². The molecule has 17 heteroatoms. The van der Waals surface area contributed by atoms with Gasteiger partial charge in [0.15, 0.2) is 6.29 Å². The summed E-state index contributed by atoms with van der Waals surface area (Å²) in [6, 6.07) is 0. The van der Waals surface area contributed by atoms with E-state index < -0.39 is 112 Å². The van der Waals surface area contributed by atoms with Crippen LogP contribution in [-0.4, -0.2) is 135 Å². The van der Waals surface area contributed by atoms with Gasteiger partial charge in [0.25, 0.3) is 0 Å². The van der Waals surface area contributed by atoms with Crippen molar-refractivity contribution < 1.29 is 76.6 Å². The van der Waals surface area contributed by atoms with Gasteiger partial charge in [-0.05, 0) is 104 Å². The maximum absolute atomic E-state index is 14.6. The first-order valence-corrected chi connectivity index (χ1v) is 22.4. The van der Waals surface area contributed by atoms with Gasteiger partial charge >= 0.3 is 16.4 Å². The monoisotopic (exact) mass is 846 g/mol. The zero-order valence-electron chi connectivity index (χ0n) is 34.7. The molecule has 2 heterocycles. The van der Waals surface area contributed by atoms with E-state index in [-0.39, 0.29) is 35.2 Å². The van der Waals surface area contributed by atoms with Crippen LogP contribution in [0.3, 0.4) is 0 Å². The zero-order chi connectivity index (χ0) is 42.8. The second kappa shape index (κ2) is 14.9. The first kappa shape index (κ1) is 44.7. The highest BCUT2D eigenvalue weighted by Crippen LogP contribution is 2.76. The van der Waals surface area contributed by atoms with Crippen LogP contribution >= 0.6 is 0 Å². The molecule has 2 aliphatic heterocycles. The molecule has 0 aromatic carbocycles. The number of esters is 1. The first-order chi connectivity index (χ1) is 26.8. The molecule has 16 nitrogen and oxygen atoms in total. The molecule has 19 atom stereocenters. The third-order valence-corrected chi connectivity index (χ3v) is 17.9. The molecule has 332 valence electrons. The summed E-state index contributed by atoms with van der Waals surface area (Å²) in [6.07, 6.45) is -6.31. The Labute approximate surface area is 341 Å². The summed E-state index contributed by atoms with van der Waals surface area (Å²) in [5.41, 5.74) is -2.66. The summed E-state index contributed by atoms with van der Waals surface area (Å²) in [6.45, 7) is 14.1. The third kappa shape index (κ3) is 6.67. The van der Waals surface area contributed by atoms with E-state index >= 15 is 0 Å². The normalized spacial score (nSPS) is 52.9. The van der Waals surface area contributed by atoms with Gasteiger partial charge in [0.1, 0.15) is 42.7 Å². The Kier molecular flexibility index (Phi) is 11.5. The SMILES string of the molecule is C[C@H]1CC[C@]2(C(=O)O[C@@H]3O[C@H](CO)[C@@H](O)[C@H](O)[C@H]3O)CC[C@]3(C)C(=CC[C@@H]4[C@@]5(C)CC[C@H](O[C@@H]6OC[C@@H](O)[C@H](OS(=O)(=O)O)[C@H]6O)C(C)(C)[C@@H]5CC[C@]43C)[C@@H]2[C@]1(C)O. The molecular formula is C41H66O16S. The average Bonchev–Trinajstić information content (AvgIpc) is 3.13. The fourth-order valence-corrected chi connectivity index (χ4v) is 14.3. The van der Waals surface area contributed by atoms with E-state index in [0.29, 0.717) is 38.5 Å². The predicted octanol–water partition coefficient (Wildman–Crippen LogP) is 1.75. The van der Waals surface area contributed by atoms with Gasteiger partial charge in [0, 0.05) is 5.92 Å². The van der Waals surface area contributed by atoms with Gasteiger partial charge in [-0.2, -0.15) is 8.42 Å². The minimum atomic E-state index is -4.97. The van der Waals surface area contributed by atoms with Crippen molar-refractivity contribution in [1.29, 1.82) is 0 Å². The average molecular weight is 847 g/mol. The Balaban J connectivity index is 1.17. The Hall–Kier alpha value is -1.32. The van der Waals surface area contributed by atoms with E-state index in [1.807, 2.05) is 13.8 Å². The van der Waals surface area contributed by atoms with Gasteiger partial charge in [0.05, 0.1) is 30.3 Å². The number of hydrogen-bond acceptors (Lipinski definition) is 15. The summed E-state index contributed by atoms with van der Waals surface area (Å²) >= 11 is 0. The summed E-state index contributed by atoms with van der Waals surface area (Å²) in [7, 11) is -4.97. The molecule has 0 unspecified atom stereocenters. The standard InChI is InChI=1S/C41H66O16S/c1-20-10-15-41(35(48)56-34-29(46)28(45)27(44)23(18-42)54-34)17-16-38(5)21(32(41)40(20,7)49)8-9-25-37(4)13-12-26(36(2,3)24(37)11-14-39(25,38)6)55-33-30(47)31(22(43)19-53-33)57-58(50,51)52/h8,20,22-34,42-47,49H,9-19H2,1-7H3,(H,50,51,52)/t20-,22+,23+,24-,25+,26-,27+,28-,29+,30+,31-,32+,33-,34-,37-,38+,39+,40+,41-/m0/s1. The second-order valence-electron chi connectivity index (χ2n) is 20.4. The van der Waals surface area contributed by atoms with Crippen LogP contribution in [0.25, 0.3) is 0 Å². The number of carbonyl (C=O) groups is 1. The van der Waals surface area contributed by atoms with Crippen LogP contribution in [0, 0.1) is 50.7 Å². The lowest BCUT2D eigenvalue weighted by Crippen LogP contribution is -2.68. The van der Waals surface area contributed by atoms with Crippen LogP contribution in [0.15, 0.2) is 11.6 Å². The van der Waals surface area contributed by atoms with Crippen molar-refractivity contribution >= 4 is 16.4 Å². The number of ether oxygens (including phenoxy) is 4. The molecule has 7 rings (SSSR count). The molecule has 0 amide bonds. The van der Waals surface area contributed by atoms with Gasteiger partial charge in [-0.25, -0.2) is 4.18 Å². The van der Waals surface area contributed by atoms with Crippen LogP contribution in [0.2, 0.25) is 0 Å². The number of rotatable bonds is 7. The van der Waals surface area contributed by atoms with Crippen LogP contribution in [0.4, 0.5) is 0 Å². The maximum atomic E-state index is 14.6. The van der Waals surface area contributed by atoms with Gasteiger partial charge in [-0.3, -0.25) is 9.35 Å². The zero-order valence-corrected chi connectivity index (χ0v) is 35.5. The van der Waals surface area contributed by atoms with Gasteiger partial charge < -0.3 is 54.7 Å². The number of carbonyl (C=O) groups excluding carboxylic acids is 1. The fraction of sp³-hybridized carbons (Fsp3) is 0.927. The molecule has 0 aromatic heterocycles. The molecule has 58 heavy (non-hydrogen) atoms. The molecule has 0 spiro atoms. The number of aliphatic hydroxyl groups is 7. The summed E-state index contributed by atoms with van der Waals surface area (Å²) in [5.74, 6) is -1.02. The molecule has 5 aliphatic carbocycles. The Bertz CT molecular complexity index is 1720. The molecule has 6 fully saturated rings. The van der Waals surface area contributed by atoms with E-state index in [1.165, 1.54) is 0 Å². The molecule has 0 aromatic rings. The van der Waals surface area contributed by atoms with E-state index in [0.717, 1.165) is 24.8 Å². The van der Waals surface area contributed by atoms with Crippen molar-refractivity contribution in [1.82, 2.24) is 0 Å². The molecule has 0 radical (unpaired) electrons. The van der Waals surface area contributed by atoms with Crippen molar-refractivity contribution in [3.8, 4) is 0 Å². The van der Waals surface area contributed by atoms with Crippen LogP contribution in [0.1, 0.15) is 106 Å². The quantitative estimate of drug-likeness (QED) is 0.0786. The molecule has 4 saturated carbocycles. The minimum Gasteiger partial charge on any atom is -0.432 e. The summed E-state index contributed by atoms with van der Waals surface area (Å²) < 4.78 is 60.4. The van der Waals surface area contributed by atoms with Crippen molar-refractivity contribution in [2.45, 2.75) is 173 Å². The second-order valence-corrected chi connectivity index (χ2v) is 21.4. The molecular weight excluding hydrogens is 781 g/mol. The van der Waals surface area contributed by atoms with Crippen molar-refractivity contribution in [3.05, 3.63) is 11.6 Å². The molecule has 2 saturated heterocycles. The maximum Gasteiger partial charge on any atom is 0.397 e. The van der Waals surface area contributed by atoms with E-state index in [4.69, 9.17) is 18.9 Å². The summed E-state index contributed by atoms with van der Waals surface area (Å²) in [5, 5.41) is 75.2. The highest BCUT2D eigenvalue weighted by atomic mass is 32.3. The lowest BCUT2D eigenvalue weighted by atomic mass is 9.33. The predicted molar refractivity (Wildman–Crippen MR) is 203 cm³/mol. The Morgan fingerprint density at radius 1 is 0.862 bits per heavy atom. The van der Waals surface area contributed by atoms with E-state index in [1.54, 1.807) is 0 Å². The molecule has 8 N–H and O–H groups in total. The lowest BCUT2D eigenvalue weighted by molar-refractivity contribution is -0.306. The number of aliphatic hydroxyl groups excluding tert-OH is 6. The van der Waals surface area contributed by atoms with Crippen LogP contribution < -0.4 is 0 Å². The lowest BCUT2D eigenvalue weighted by Gasteiger charge is -2.72. The van der Waals surface area contributed by atoms with E-state index in [9.17, 15) is 53.5 Å².